The first-order valence-corrected chi connectivity index (χ1v) is 6.94. The maximum atomic E-state index is 9.93. The minimum absolute atomic E-state index is 0.0206. The Hall–Kier alpha value is -3.34. The SMILES string of the molecule is Oc1cccc(OOc2ccccc2)c1OOc1ccccc1. The summed E-state index contributed by atoms with van der Waals surface area (Å²) in [6.07, 6.45) is 0. The normalized spacial score (nSPS) is 9.91. The van der Waals surface area contributed by atoms with E-state index in [9.17, 15) is 5.11 Å². The fourth-order valence-corrected chi connectivity index (χ4v) is 1.79. The van der Waals surface area contributed by atoms with E-state index in [1.165, 1.54) is 6.07 Å². The van der Waals surface area contributed by atoms with Gasteiger partial charge in [-0.25, -0.2) is 0 Å². The van der Waals surface area contributed by atoms with Gasteiger partial charge in [-0.05, 0) is 36.4 Å². The van der Waals surface area contributed by atoms with Crippen molar-refractivity contribution in [3.63, 3.8) is 0 Å². The molecule has 0 aliphatic carbocycles. The summed E-state index contributed by atoms with van der Waals surface area (Å²) in [5.74, 6) is 1.09. The van der Waals surface area contributed by atoms with Gasteiger partial charge in [-0.2, -0.15) is 0 Å². The van der Waals surface area contributed by atoms with Crippen LogP contribution in [-0.4, -0.2) is 5.11 Å². The molecular weight excluding hydrogens is 296 g/mol. The van der Waals surface area contributed by atoms with Gasteiger partial charge in [0.2, 0.25) is 5.75 Å². The largest absolute Gasteiger partial charge is 0.504 e. The molecule has 3 aromatic rings. The zero-order chi connectivity index (χ0) is 15.9. The molecule has 0 amide bonds. The third-order valence-electron chi connectivity index (χ3n) is 2.89. The predicted octanol–water partition coefficient (Wildman–Crippen LogP) is 4.14. The van der Waals surface area contributed by atoms with Gasteiger partial charge in [0.1, 0.15) is 0 Å². The molecule has 0 aromatic heterocycles. The summed E-state index contributed by atoms with van der Waals surface area (Å²) in [6, 6.07) is 22.5. The van der Waals surface area contributed by atoms with Crippen molar-refractivity contribution in [3.05, 3.63) is 78.9 Å². The Bertz CT molecular complexity index is 744. The average molecular weight is 310 g/mol. The number of phenols is 1. The monoisotopic (exact) mass is 310 g/mol. The van der Waals surface area contributed by atoms with Crippen LogP contribution >= 0.6 is 0 Å². The molecule has 3 rings (SSSR count). The number of hydrogen-bond acceptors (Lipinski definition) is 5. The number of hydrogen-bond donors (Lipinski definition) is 1. The van der Waals surface area contributed by atoms with Gasteiger partial charge >= 0.3 is 0 Å². The van der Waals surface area contributed by atoms with Gasteiger partial charge < -0.3 is 5.11 Å². The van der Waals surface area contributed by atoms with Crippen molar-refractivity contribution in [1.82, 2.24) is 0 Å². The van der Waals surface area contributed by atoms with Crippen LogP contribution in [0.5, 0.6) is 28.7 Å². The Morgan fingerprint density at radius 1 is 0.522 bits per heavy atom. The summed E-state index contributed by atoms with van der Waals surface area (Å²) in [6.45, 7) is 0. The van der Waals surface area contributed by atoms with Crippen molar-refractivity contribution in [2.75, 3.05) is 0 Å². The smallest absolute Gasteiger partial charge is 0.267 e. The second-order valence-electron chi connectivity index (χ2n) is 4.56. The van der Waals surface area contributed by atoms with Crippen LogP contribution < -0.4 is 19.6 Å². The fraction of sp³-hybridized carbons (Fsp3) is 0. The molecule has 0 saturated carbocycles. The van der Waals surface area contributed by atoms with Crippen LogP contribution in [0.2, 0.25) is 0 Å². The maximum Gasteiger partial charge on any atom is 0.267 e. The van der Waals surface area contributed by atoms with Gasteiger partial charge in [0.15, 0.2) is 17.2 Å². The van der Waals surface area contributed by atoms with E-state index < -0.39 is 0 Å². The predicted molar refractivity (Wildman–Crippen MR) is 83.5 cm³/mol. The highest BCUT2D eigenvalue weighted by Crippen LogP contribution is 2.36. The number of phenolic OH excluding ortho intramolecular Hbond substituents is 1. The van der Waals surface area contributed by atoms with E-state index in [-0.39, 0.29) is 17.2 Å². The summed E-state index contributed by atoms with van der Waals surface area (Å²) in [4.78, 5) is 20.8. The number of para-hydroxylation sites is 3. The lowest BCUT2D eigenvalue weighted by Gasteiger charge is -2.11. The van der Waals surface area contributed by atoms with Gasteiger partial charge in [-0.1, -0.05) is 42.5 Å². The zero-order valence-electron chi connectivity index (χ0n) is 12.1. The van der Waals surface area contributed by atoms with Crippen LogP contribution in [0.4, 0.5) is 0 Å². The minimum Gasteiger partial charge on any atom is -0.504 e. The molecule has 0 heterocycles. The minimum atomic E-state index is -0.130. The lowest BCUT2D eigenvalue weighted by atomic mass is 10.3. The van der Waals surface area contributed by atoms with Crippen molar-refractivity contribution in [1.29, 1.82) is 0 Å². The average Bonchev–Trinajstić information content (AvgIpc) is 2.61. The highest BCUT2D eigenvalue weighted by Gasteiger charge is 2.14. The van der Waals surface area contributed by atoms with E-state index in [0.717, 1.165) is 0 Å². The van der Waals surface area contributed by atoms with Gasteiger partial charge in [-0.3, -0.25) is 19.6 Å². The quantitative estimate of drug-likeness (QED) is 0.548. The van der Waals surface area contributed by atoms with E-state index in [1.54, 1.807) is 48.5 Å². The second-order valence-corrected chi connectivity index (χ2v) is 4.56. The molecule has 0 radical (unpaired) electrons. The molecule has 0 atom stereocenters. The topological polar surface area (TPSA) is 57.2 Å². The lowest BCUT2D eigenvalue weighted by Crippen LogP contribution is -2.05. The Labute approximate surface area is 133 Å². The van der Waals surface area contributed by atoms with E-state index in [2.05, 4.69) is 0 Å². The Kier molecular flexibility index (Phi) is 4.49. The number of benzene rings is 3. The second kappa shape index (κ2) is 7.09. The standard InChI is InChI=1S/C18H14O5/c19-16-12-7-13-17(22-20-14-8-3-1-4-9-14)18(16)23-21-15-10-5-2-6-11-15/h1-13,19H. The highest BCUT2D eigenvalue weighted by molar-refractivity contribution is 5.49. The fourth-order valence-electron chi connectivity index (χ4n) is 1.79. The third kappa shape index (κ3) is 3.85. The van der Waals surface area contributed by atoms with E-state index in [0.29, 0.717) is 11.5 Å². The Balaban J connectivity index is 1.71. The van der Waals surface area contributed by atoms with Crippen molar-refractivity contribution in [3.8, 4) is 28.7 Å². The molecule has 0 aliphatic heterocycles. The van der Waals surface area contributed by atoms with Crippen molar-refractivity contribution in [2.24, 2.45) is 0 Å². The van der Waals surface area contributed by atoms with Gasteiger partial charge in [0.25, 0.3) is 5.75 Å². The molecule has 1 N–H and O–H groups in total. The molecule has 0 bridgehead atoms. The van der Waals surface area contributed by atoms with Crippen LogP contribution in [0.3, 0.4) is 0 Å². The Morgan fingerprint density at radius 2 is 1.09 bits per heavy atom. The van der Waals surface area contributed by atoms with Crippen LogP contribution in [0.15, 0.2) is 78.9 Å². The summed E-state index contributed by atoms with van der Waals surface area (Å²) in [5.41, 5.74) is 0. The molecule has 0 fully saturated rings. The maximum absolute atomic E-state index is 9.93. The van der Waals surface area contributed by atoms with E-state index in [4.69, 9.17) is 19.6 Å². The molecule has 5 heteroatoms. The zero-order valence-corrected chi connectivity index (χ0v) is 12.1. The van der Waals surface area contributed by atoms with Crippen LogP contribution in [0.1, 0.15) is 0 Å². The molecule has 0 spiro atoms. The lowest BCUT2D eigenvalue weighted by molar-refractivity contribution is -0.128. The molecular formula is C18H14O5. The summed E-state index contributed by atoms with van der Waals surface area (Å²) in [7, 11) is 0. The summed E-state index contributed by atoms with van der Waals surface area (Å²) < 4.78 is 0. The van der Waals surface area contributed by atoms with E-state index in [1.807, 2.05) is 24.3 Å². The van der Waals surface area contributed by atoms with Crippen molar-refractivity contribution < 1.29 is 24.7 Å². The summed E-state index contributed by atoms with van der Waals surface area (Å²) in [5, 5.41) is 9.93. The van der Waals surface area contributed by atoms with Gasteiger partial charge in [0.05, 0.1) is 0 Å². The first-order chi connectivity index (χ1) is 11.3. The van der Waals surface area contributed by atoms with Crippen molar-refractivity contribution in [2.45, 2.75) is 0 Å². The summed E-state index contributed by atoms with van der Waals surface area (Å²) >= 11 is 0. The molecule has 3 aromatic carbocycles. The van der Waals surface area contributed by atoms with Crippen molar-refractivity contribution >= 4 is 0 Å². The van der Waals surface area contributed by atoms with Gasteiger partial charge in [-0.15, -0.1) is 0 Å². The first-order valence-electron chi connectivity index (χ1n) is 6.94. The van der Waals surface area contributed by atoms with Crippen LogP contribution in [-0.2, 0) is 0 Å². The Morgan fingerprint density at radius 3 is 1.70 bits per heavy atom. The first kappa shape index (κ1) is 14.6. The number of aromatic hydroxyl groups is 1. The molecule has 116 valence electrons. The molecule has 23 heavy (non-hydrogen) atoms. The molecule has 0 saturated heterocycles. The molecule has 0 aliphatic rings. The molecule has 0 unspecified atom stereocenters. The molecule has 5 nitrogen and oxygen atoms in total. The van der Waals surface area contributed by atoms with E-state index >= 15 is 0 Å². The highest BCUT2D eigenvalue weighted by atomic mass is 17.2. The van der Waals surface area contributed by atoms with Gasteiger partial charge in [0, 0.05) is 0 Å². The van der Waals surface area contributed by atoms with Crippen LogP contribution in [0.25, 0.3) is 0 Å². The third-order valence-corrected chi connectivity index (χ3v) is 2.89. The van der Waals surface area contributed by atoms with Crippen LogP contribution in [0, 0.1) is 0 Å². The number of rotatable bonds is 6.